The molecule has 0 bridgehead atoms. The Morgan fingerprint density at radius 2 is 1.81 bits per heavy atom. The largest absolute Gasteiger partial charge is 0.395 e. The molecule has 0 spiro atoms. The number of aromatic nitrogens is 1. The van der Waals surface area contributed by atoms with Gasteiger partial charge in [-0.25, -0.2) is 8.42 Å². The van der Waals surface area contributed by atoms with Gasteiger partial charge in [0.05, 0.1) is 46.0 Å². The Hall–Kier alpha value is -2.50. The molecule has 202 valence electrons. The lowest BCUT2D eigenvalue weighted by molar-refractivity contribution is -0.184. The first-order valence-corrected chi connectivity index (χ1v) is 14.1. The van der Waals surface area contributed by atoms with Crippen LogP contribution >= 0.6 is 0 Å². The van der Waals surface area contributed by atoms with Gasteiger partial charge < -0.3 is 10.8 Å². The van der Waals surface area contributed by atoms with Gasteiger partial charge in [0, 0.05) is 19.6 Å². The van der Waals surface area contributed by atoms with E-state index in [1.54, 1.807) is 25.1 Å². The van der Waals surface area contributed by atoms with Crippen molar-refractivity contribution < 1.29 is 31.5 Å². The van der Waals surface area contributed by atoms with Crippen LogP contribution in [0.2, 0.25) is 0 Å². The minimum atomic E-state index is -4.13. The van der Waals surface area contributed by atoms with E-state index in [-0.39, 0.29) is 41.6 Å². The number of benzene rings is 1. The van der Waals surface area contributed by atoms with Crippen molar-refractivity contribution >= 4 is 15.7 Å². The second-order valence-electron chi connectivity index (χ2n) is 10.0. The van der Waals surface area contributed by atoms with Crippen LogP contribution in [0.5, 0.6) is 0 Å². The minimum absolute atomic E-state index is 0.0335. The van der Waals surface area contributed by atoms with Crippen molar-refractivity contribution in [2.45, 2.75) is 62.7 Å². The molecule has 2 aliphatic rings. The van der Waals surface area contributed by atoms with E-state index in [9.17, 15) is 31.5 Å². The van der Waals surface area contributed by atoms with Crippen molar-refractivity contribution in [1.29, 1.82) is 0 Å². The SMILES string of the molecule is CCS(=O)(=O)c1ccc([C@@H](CO)c2nc3c(cc2C(N)=O)CN(CC2CCC(C(F)(F)F)CC2)C3)cc1. The third kappa shape index (κ3) is 5.99. The van der Waals surface area contributed by atoms with E-state index in [4.69, 9.17) is 10.7 Å². The topological polar surface area (TPSA) is 114 Å². The highest BCUT2D eigenvalue weighted by Gasteiger charge is 2.41. The molecule has 3 N–H and O–H groups in total. The molecule has 1 fully saturated rings. The van der Waals surface area contributed by atoms with Crippen LogP contribution in [0.15, 0.2) is 35.2 Å². The van der Waals surface area contributed by atoms with Crippen LogP contribution in [0.3, 0.4) is 0 Å². The number of aliphatic hydroxyl groups excluding tert-OH is 1. The van der Waals surface area contributed by atoms with Gasteiger partial charge in [-0.2, -0.15) is 13.2 Å². The molecule has 7 nitrogen and oxygen atoms in total. The fourth-order valence-electron chi connectivity index (χ4n) is 5.44. The lowest BCUT2D eigenvalue weighted by Gasteiger charge is -2.32. The molecule has 0 unspecified atom stereocenters. The predicted molar refractivity (Wildman–Crippen MR) is 131 cm³/mol. The Kier molecular flexibility index (Phi) is 7.96. The third-order valence-electron chi connectivity index (χ3n) is 7.61. The Bertz CT molecular complexity index is 1240. The van der Waals surface area contributed by atoms with Crippen LogP contribution in [-0.4, -0.2) is 54.4 Å². The Labute approximate surface area is 214 Å². The van der Waals surface area contributed by atoms with Crippen molar-refractivity contribution in [2.24, 2.45) is 17.6 Å². The fourth-order valence-corrected chi connectivity index (χ4v) is 6.33. The second-order valence-corrected chi connectivity index (χ2v) is 12.3. The molecule has 1 atom stereocenters. The predicted octanol–water partition coefficient (Wildman–Crippen LogP) is 3.78. The van der Waals surface area contributed by atoms with Crippen LogP contribution < -0.4 is 5.73 Å². The molecule has 1 aliphatic carbocycles. The molecule has 2 aromatic rings. The fraction of sp³-hybridized carbons (Fsp3) is 0.538. The summed E-state index contributed by atoms with van der Waals surface area (Å²) < 4.78 is 63.3. The highest BCUT2D eigenvalue weighted by atomic mass is 32.2. The number of aliphatic hydroxyl groups is 1. The van der Waals surface area contributed by atoms with Crippen LogP contribution in [0, 0.1) is 11.8 Å². The molecule has 0 radical (unpaired) electrons. The highest BCUT2D eigenvalue weighted by Crippen LogP contribution is 2.40. The number of primary amides is 1. The summed E-state index contributed by atoms with van der Waals surface area (Å²) in [6, 6.07) is 7.85. The summed E-state index contributed by atoms with van der Waals surface area (Å²) in [4.78, 5) is 19.4. The molecule has 2 heterocycles. The number of halogens is 3. The molecule has 1 saturated carbocycles. The number of fused-ring (bicyclic) bond motifs is 1. The van der Waals surface area contributed by atoms with E-state index in [0.29, 0.717) is 43.7 Å². The second kappa shape index (κ2) is 10.7. The third-order valence-corrected chi connectivity index (χ3v) is 9.36. The van der Waals surface area contributed by atoms with Gasteiger partial charge >= 0.3 is 6.18 Å². The summed E-state index contributed by atoms with van der Waals surface area (Å²) in [6.45, 7) is 2.86. The number of nitrogens with zero attached hydrogens (tertiary/aromatic N) is 2. The smallest absolute Gasteiger partial charge is 0.391 e. The van der Waals surface area contributed by atoms with Crippen LogP contribution in [0.1, 0.15) is 71.4 Å². The van der Waals surface area contributed by atoms with Crippen molar-refractivity contribution in [3.63, 3.8) is 0 Å². The Morgan fingerprint density at radius 3 is 2.35 bits per heavy atom. The summed E-state index contributed by atoms with van der Waals surface area (Å²) in [5, 5.41) is 10.2. The lowest BCUT2D eigenvalue weighted by Crippen LogP contribution is -2.32. The quantitative estimate of drug-likeness (QED) is 0.528. The average Bonchev–Trinajstić information content (AvgIpc) is 3.25. The monoisotopic (exact) mass is 539 g/mol. The van der Waals surface area contributed by atoms with Crippen LogP contribution in [0.25, 0.3) is 0 Å². The maximum Gasteiger partial charge on any atom is 0.391 e. The van der Waals surface area contributed by atoms with Crippen LogP contribution in [-0.2, 0) is 22.9 Å². The van der Waals surface area contributed by atoms with Crippen molar-refractivity contribution in [2.75, 3.05) is 18.9 Å². The van der Waals surface area contributed by atoms with Gasteiger partial charge in [-0.15, -0.1) is 0 Å². The molecular formula is C26H32F3N3O4S. The zero-order chi connectivity index (χ0) is 27.0. The first-order valence-electron chi connectivity index (χ1n) is 12.5. The average molecular weight is 540 g/mol. The van der Waals surface area contributed by atoms with Crippen molar-refractivity contribution in [3.8, 4) is 0 Å². The van der Waals surface area contributed by atoms with E-state index in [2.05, 4.69) is 4.90 Å². The van der Waals surface area contributed by atoms with Gasteiger partial charge in [0.2, 0.25) is 0 Å². The number of carbonyl (C=O) groups is 1. The normalized spacial score (nSPS) is 21.5. The maximum absolute atomic E-state index is 13.0. The summed E-state index contributed by atoms with van der Waals surface area (Å²) in [7, 11) is -3.38. The van der Waals surface area contributed by atoms with Gasteiger partial charge in [-0.3, -0.25) is 14.7 Å². The van der Waals surface area contributed by atoms with Crippen molar-refractivity contribution in [3.05, 3.63) is 58.4 Å². The van der Waals surface area contributed by atoms with Gasteiger partial charge in [0.15, 0.2) is 9.84 Å². The molecule has 4 rings (SSSR count). The van der Waals surface area contributed by atoms with Crippen LogP contribution in [0.4, 0.5) is 13.2 Å². The molecule has 37 heavy (non-hydrogen) atoms. The van der Waals surface area contributed by atoms with Crippen molar-refractivity contribution in [1.82, 2.24) is 9.88 Å². The van der Waals surface area contributed by atoms with E-state index in [1.807, 2.05) is 0 Å². The van der Waals surface area contributed by atoms with E-state index >= 15 is 0 Å². The number of rotatable bonds is 8. The zero-order valence-electron chi connectivity index (χ0n) is 20.7. The molecule has 1 aromatic carbocycles. The number of amides is 1. The number of carbonyl (C=O) groups excluding carboxylic acids is 1. The number of nitrogens with two attached hydrogens (primary N) is 1. The van der Waals surface area contributed by atoms with E-state index in [1.165, 1.54) is 12.1 Å². The van der Waals surface area contributed by atoms with Gasteiger partial charge in [-0.05, 0) is 60.9 Å². The summed E-state index contributed by atoms with van der Waals surface area (Å²) in [5.41, 5.74) is 8.36. The molecule has 1 amide bonds. The molecule has 0 saturated heterocycles. The lowest BCUT2D eigenvalue weighted by atomic mass is 9.81. The molecular weight excluding hydrogens is 507 g/mol. The highest BCUT2D eigenvalue weighted by molar-refractivity contribution is 7.91. The first-order chi connectivity index (χ1) is 17.4. The zero-order valence-corrected chi connectivity index (χ0v) is 21.5. The molecule has 1 aliphatic heterocycles. The Balaban J connectivity index is 1.53. The first kappa shape index (κ1) is 27.5. The summed E-state index contributed by atoms with van der Waals surface area (Å²) >= 11 is 0. The van der Waals surface area contributed by atoms with Gasteiger partial charge in [-0.1, -0.05) is 19.1 Å². The number of hydrogen-bond donors (Lipinski definition) is 2. The number of pyridine rings is 1. The standard InChI is InChI=1S/C26H32F3N3O4S/c1-2-37(35,36)20-9-5-17(6-10-20)22(15-33)24-21(25(30)34)11-18-13-32(14-23(18)31-24)12-16-3-7-19(8-4-16)26(27,28)29/h5-6,9-11,16,19,22,33H,2-4,7-8,12-15H2,1H3,(H2,30,34)/t16?,19?,22-/m1/s1. The molecule has 1 aromatic heterocycles. The number of hydrogen-bond acceptors (Lipinski definition) is 6. The number of alkyl halides is 3. The minimum Gasteiger partial charge on any atom is -0.395 e. The van der Waals surface area contributed by atoms with Gasteiger partial charge in [0.1, 0.15) is 0 Å². The Morgan fingerprint density at radius 1 is 1.16 bits per heavy atom. The van der Waals surface area contributed by atoms with E-state index in [0.717, 1.165) is 11.3 Å². The number of sulfone groups is 1. The summed E-state index contributed by atoms with van der Waals surface area (Å²) in [5.74, 6) is -2.44. The van der Waals surface area contributed by atoms with E-state index < -0.39 is 33.8 Å². The molecule has 11 heteroatoms. The maximum atomic E-state index is 13.0. The summed E-state index contributed by atoms with van der Waals surface area (Å²) in [6.07, 6.45) is -2.77. The van der Waals surface area contributed by atoms with Gasteiger partial charge in [0.25, 0.3) is 5.91 Å².